The standard InChI is InChI=1S/C21H21ClF3N3O4S/c22-15-5-2-13(3-6-15)11-28-17-10-14(19(29)27-9-1-8-21(23,24)25)4-7-18(17)33(31,32)12-16(26)20(28)30/h2-7,10,16H,1,8-9,11-12,26H2,(H,27,29)/t16-/m0/s1. The molecule has 1 aliphatic heterocycles. The van der Waals surface area contributed by atoms with Gasteiger partial charge in [0.15, 0.2) is 9.84 Å². The van der Waals surface area contributed by atoms with E-state index < -0.39 is 46.0 Å². The SMILES string of the molecule is N[C@H]1CS(=O)(=O)c2ccc(C(=O)NCCCC(F)(F)F)cc2N(Cc2ccc(Cl)cc2)C1=O. The lowest BCUT2D eigenvalue weighted by atomic mass is 10.1. The van der Waals surface area contributed by atoms with Crippen molar-refractivity contribution < 1.29 is 31.2 Å². The monoisotopic (exact) mass is 503 g/mol. The van der Waals surface area contributed by atoms with Gasteiger partial charge in [-0.1, -0.05) is 23.7 Å². The molecule has 2 aromatic rings. The Morgan fingerprint density at radius 2 is 1.85 bits per heavy atom. The number of carbonyl (C=O) groups excluding carboxylic acids is 2. The fourth-order valence-electron chi connectivity index (χ4n) is 3.38. The molecule has 1 atom stereocenters. The summed E-state index contributed by atoms with van der Waals surface area (Å²) in [5.41, 5.74) is 6.48. The molecule has 3 rings (SSSR count). The quantitative estimate of drug-likeness (QED) is 0.589. The summed E-state index contributed by atoms with van der Waals surface area (Å²) in [6.07, 6.45) is -5.67. The minimum atomic E-state index is -4.33. The first kappa shape index (κ1) is 25.0. The van der Waals surface area contributed by atoms with E-state index in [0.717, 1.165) is 0 Å². The van der Waals surface area contributed by atoms with Gasteiger partial charge in [0.2, 0.25) is 5.91 Å². The lowest BCUT2D eigenvalue weighted by Crippen LogP contribution is -2.45. The normalized spacial score (nSPS) is 17.9. The molecule has 0 aromatic heterocycles. The van der Waals surface area contributed by atoms with Crippen LogP contribution in [-0.2, 0) is 21.2 Å². The van der Waals surface area contributed by atoms with Crippen LogP contribution in [0.2, 0.25) is 5.02 Å². The van der Waals surface area contributed by atoms with Crippen molar-refractivity contribution in [2.24, 2.45) is 5.73 Å². The highest BCUT2D eigenvalue weighted by Gasteiger charge is 2.36. The molecule has 0 bridgehead atoms. The molecule has 1 aliphatic rings. The lowest BCUT2D eigenvalue weighted by molar-refractivity contribution is -0.135. The van der Waals surface area contributed by atoms with E-state index in [1.165, 1.54) is 23.1 Å². The van der Waals surface area contributed by atoms with Gasteiger partial charge in [0.05, 0.1) is 28.9 Å². The van der Waals surface area contributed by atoms with Crippen LogP contribution in [0.5, 0.6) is 0 Å². The second kappa shape index (κ2) is 9.70. The second-order valence-corrected chi connectivity index (χ2v) is 10.0. The van der Waals surface area contributed by atoms with Crippen LogP contribution in [0.25, 0.3) is 0 Å². The van der Waals surface area contributed by atoms with Gasteiger partial charge < -0.3 is 16.0 Å². The summed E-state index contributed by atoms with van der Waals surface area (Å²) in [5, 5.41) is 2.85. The highest BCUT2D eigenvalue weighted by molar-refractivity contribution is 7.91. The summed E-state index contributed by atoms with van der Waals surface area (Å²) >= 11 is 5.90. The van der Waals surface area contributed by atoms with Gasteiger partial charge in [-0.3, -0.25) is 9.59 Å². The first-order chi connectivity index (χ1) is 15.4. The largest absolute Gasteiger partial charge is 0.389 e. The lowest BCUT2D eigenvalue weighted by Gasteiger charge is -2.24. The Morgan fingerprint density at radius 3 is 2.48 bits per heavy atom. The maximum atomic E-state index is 13.0. The molecule has 7 nitrogen and oxygen atoms in total. The van der Waals surface area contributed by atoms with Crippen LogP contribution in [-0.4, -0.2) is 44.7 Å². The number of hydrogen-bond donors (Lipinski definition) is 2. The van der Waals surface area contributed by atoms with E-state index in [4.69, 9.17) is 17.3 Å². The van der Waals surface area contributed by atoms with E-state index in [1.54, 1.807) is 24.3 Å². The van der Waals surface area contributed by atoms with Gasteiger partial charge in [0.1, 0.15) is 0 Å². The number of rotatable bonds is 6. The van der Waals surface area contributed by atoms with E-state index in [0.29, 0.717) is 10.6 Å². The molecule has 0 saturated heterocycles. The van der Waals surface area contributed by atoms with Gasteiger partial charge in [-0.05, 0) is 42.3 Å². The van der Waals surface area contributed by atoms with E-state index in [-0.39, 0.29) is 35.7 Å². The Labute approximate surface area is 193 Å². The van der Waals surface area contributed by atoms with Gasteiger partial charge in [-0.25, -0.2) is 8.42 Å². The van der Waals surface area contributed by atoms with E-state index in [9.17, 15) is 31.2 Å². The van der Waals surface area contributed by atoms with E-state index in [1.807, 2.05) is 0 Å². The number of nitrogens with zero attached hydrogens (tertiary/aromatic N) is 1. The molecule has 2 amide bonds. The summed E-state index contributed by atoms with van der Waals surface area (Å²) in [5.74, 6) is -1.93. The van der Waals surface area contributed by atoms with E-state index >= 15 is 0 Å². The van der Waals surface area contributed by atoms with Crippen LogP contribution < -0.4 is 16.0 Å². The number of halogens is 4. The third-order valence-corrected chi connectivity index (χ3v) is 7.07. The van der Waals surface area contributed by atoms with Crippen molar-refractivity contribution in [2.45, 2.75) is 36.5 Å². The Hall–Kier alpha value is -2.63. The van der Waals surface area contributed by atoms with Crippen molar-refractivity contribution in [2.75, 3.05) is 17.2 Å². The topological polar surface area (TPSA) is 110 Å². The van der Waals surface area contributed by atoms with Crippen LogP contribution in [0, 0.1) is 0 Å². The minimum Gasteiger partial charge on any atom is -0.352 e. The zero-order chi connectivity index (χ0) is 24.4. The van der Waals surface area contributed by atoms with E-state index in [2.05, 4.69) is 5.32 Å². The highest BCUT2D eigenvalue weighted by atomic mass is 35.5. The molecular formula is C21H21ClF3N3O4S. The molecule has 12 heteroatoms. The fraction of sp³-hybridized carbons (Fsp3) is 0.333. The molecule has 0 fully saturated rings. The Morgan fingerprint density at radius 1 is 1.18 bits per heavy atom. The van der Waals surface area contributed by atoms with Gasteiger partial charge in [-0.2, -0.15) is 13.2 Å². The van der Waals surface area contributed by atoms with Crippen LogP contribution >= 0.6 is 11.6 Å². The average molecular weight is 504 g/mol. The zero-order valence-electron chi connectivity index (χ0n) is 17.2. The highest BCUT2D eigenvalue weighted by Crippen LogP contribution is 2.32. The van der Waals surface area contributed by atoms with Crippen molar-refractivity contribution in [1.82, 2.24) is 5.32 Å². The summed E-state index contributed by atoms with van der Waals surface area (Å²) in [6.45, 7) is -0.241. The van der Waals surface area contributed by atoms with Crippen molar-refractivity contribution in [3.05, 3.63) is 58.6 Å². The Balaban J connectivity index is 1.93. The van der Waals surface area contributed by atoms with Crippen LogP contribution in [0.1, 0.15) is 28.8 Å². The number of sulfone groups is 1. The zero-order valence-corrected chi connectivity index (χ0v) is 18.8. The predicted octanol–water partition coefficient (Wildman–Crippen LogP) is 3.06. The molecule has 2 aromatic carbocycles. The third-order valence-electron chi connectivity index (χ3n) is 5.01. The first-order valence-corrected chi connectivity index (χ1v) is 11.9. The van der Waals surface area contributed by atoms with Crippen LogP contribution in [0.15, 0.2) is 47.4 Å². The molecule has 0 spiro atoms. The number of anilines is 1. The van der Waals surface area contributed by atoms with Crippen molar-refractivity contribution in [3.63, 3.8) is 0 Å². The Kier molecular flexibility index (Phi) is 7.35. The minimum absolute atomic E-state index is 0.000311. The molecule has 0 radical (unpaired) electrons. The molecule has 0 saturated carbocycles. The Bertz CT molecular complexity index is 1150. The molecule has 33 heavy (non-hydrogen) atoms. The van der Waals surface area contributed by atoms with Crippen molar-refractivity contribution >= 4 is 38.9 Å². The molecule has 1 heterocycles. The first-order valence-electron chi connectivity index (χ1n) is 9.90. The smallest absolute Gasteiger partial charge is 0.352 e. The predicted molar refractivity (Wildman–Crippen MR) is 117 cm³/mol. The molecule has 178 valence electrons. The van der Waals surface area contributed by atoms with Gasteiger partial charge in [-0.15, -0.1) is 0 Å². The van der Waals surface area contributed by atoms with Gasteiger partial charge in [0, 0.05) is 23.6 Å². The maximum absolute atomic E-state index is 13.0. The van der Waals surface area contributed by atoms with Gasteiger partial charge in [0.25, 0.3) is 5.91 Å². The number of nitrogens with one attached hydrogen (secondary N) is 1. The van der Waals surface area contributed by atoms with Crippen molar-refractivity contribution in [1.29, 1.82) is 0 Å². The van der Waals surface area contributed by atoms with Crippen molar-refractivity contribution in [3.8, 4) is 0 Å². The molecular weight excluding hydrogens is 483 g/mol. The number of fused-ring (bicyclic) bond motifs is 1. The maximum Gasteiger partial charge on any atom is 0.389 e. The summed E-state index contributed by atoms with van der Waals surface area (Å²) in [6, 6.07) is 8.93. The second-order valence-electron chi connectivity index (χ2n) is 7.60. The third kappa shape index (κ3) is 6.24. The summed E-state index contributed by atoms with van der Waals surface area (Å²) in [4.78, 5) is 26.5. The number of alkyl halides is 3. The number of hydrogen-bond acceptors (Lipinski definition) is 5. The summed E-state index contributed by atoms with van der Waals surface area (Å²) < 4.78 is 62.5. The number of nitrogens with two attached hydrogens (primary N) is 1. The fourth-order valence-corrected chi connectivity index (χ4v) is 5.06. The van der Waals surface area contributed by atoms with Gasteiger partial charge >= 0.3 is 6.18 Å². The average Bonchev–Trinajstić information content (AvgIpc) is 2.80. The molecule has 0 unspecified atom stereocenters. The number of carbonyl (C=O) groups is 2. The molecule has 0 aliphatic carbocycles. The number of amides is 2. The van der Waals surface area contributed by atoms with Crippen LogP contribution in [0.3, 0.4) is 0 Å². The number of benzene rings is 2. The molecule has 3 N–H and O–H groups in total. The summed E-state index contributed by atoms with van der Waals surface area (Å²) in [7, 11) is -3.94. The van der Waals surface area contributed by atoms with Crippen LogP contribution in [0.4, 0.5) is 18.9 Å².